The summed E-state index contributed by atoms with van der Waals surface area (Å²) in [4.78, 5) is 20.3. The first-order valence-corrected chi connectivity index (χ1v) is 8.44. The van der Waals surface area contributed by atoms with Gasteiger partial charge in [0.05, 0.1) is 24.9 Å². The van der Waals surface area contributed by atoms with Crippen LogP contribution in [0.3, 0.4) is 0 Å². The highest BCUT2D eigenvalue weighted by Crippen LogP contribution is 2.33. The number of pyridine rings is 1. The maximum Gasteiger partial charge on any atom is 0.356 e. The molecule has 0 saturated heterocycles. The topological polar surface area (TPSA) is 64.2 Å². The number of benzene rings is 2. The van der Waals surface area contributed by atoms with E-state index < -0.39 is 5.97 Å². The van der Waals surface area contributed by atoms with Crippen LogP contribution in [0.1, 0.15) is 17.4 Å². The van der Waals surface area contributed by atoms with Crippen LogP contribution < -0.4 is 4.74 Å². The lowest BCUT2D eigenvalue weighted by atomic mass is 10.1. The number of nitrogens with zero attached hydrogens (tertiary/aromatic N) is 1. The number of aromatic nitrogens is 2. The summed E-state index contributed by atoms with van der Waals surface area (Å²) in [6.07, 6.45) is 0. The van der Waals surface area contributed by atoms with E-state index in [2.05, 4.69) is 9.97 Å². The van der Waals surface area contributed by atoms with E-state index in [1.165, 1.54) is 0 Å². The number of ether oxygens (including phenoxy) is 2. The van der Waals surface area contributed by atoms with Gasteiger partial charge in [-0.25, -0.2) is 9.78 Å². The number of aromatic amines is 1. The molecule has 0 radical (unpaired) electrons. The first-order chi connectivity index (χ1) is 12.7. The number of fused-ring (bicyclic) bond motifs is 3. The van der Waals surface area contributed by atoms with Crippen molar-refractivity contribution in [2.45, 2.75) is 6.92 Å². The van der Waals surface area contributed by atoms with Crippen molar-refractivity contribution in [3.8, 4) is 17.0 Å². The Morgan fingerprint density at radius 3 is 2.58 bits per heavy atom. The third kappa shape index (κ3) is 2.67. The SMILES string of the molecule is CCOC(=O)c1cc2c([nH]c3ccccc32)c(-c2ccc(OC)cc2)n1. The van der Waals surface area contributed by atoms with E-state index in [1.807, 2.05) is 48.5 Å². The van der Waals surface area contributed by atoms with Crippen molar-refractivity contribution in [3.63, 3.8) is 0 Å². The van der Waals surface area contributed by atoms with Crippen molar-refractivity contribution in [2.75, 3.05) is 13.7 Å². The molecule has 2 heterocycles. The summed E-state index contributed by atoms with van der Waals surface area (Å²) in [7, 11) is 1.63. The average Bonchev–Trinajstić information content (AvgIpc) is 3.06. The quantitative estimate of drug-likeness (QED) is 0.550. The third-order valence-corrected chi connectivity index (χ3v) is 4.34. The summed E-state index contributed by atoms with van der Waals surface area (Å²) in [6.45, 7) is 2.09. The van der Waals surface area contributed by atoms with E-state index >= 15 is 0 Å². The number of esters is 1. The van der Waals surface area contributed by atoms with Crippen LogP contribution in [0.5, 0.6) is 5.75 Å². The van der Waals surface area contributed by atoms with E-state index in [1.54, 1.807) is 20.1 Å². The summed E-state index contributed by atoms with van der Waals surface area (Å²) in [6, 6.07) is 17.4. The molecule has 0 fully saturated rings. The first-order valence-electron chi connectivity index (χ1n) is 8.44. The molecule has 4 rings (SSSR count). The predicted octanol–water partition coefficient (Wildman–Crippen LogP) is 4.57. The summed E-state index contributed by atoms with van der Waals surface area (Å²) in [5.41, 5.74) is 3.80. The third-order valence-electron chi connectivity index (χ3n) is 4.34. The van der Waals surface area contributed by atoms with Gasteiger partial charge in [0.25, 0.3) is 0 Å². The summed E-state index contributed by atoms with van der Waals surface area (Å²) in [5, 5.41) is 2.00. The molecule has 0 unspecified atom stereocenters. The van der Waals surface area contributed by atoms with E-state index in [9.17, 15) is 4.79 Å². The number of nitrogens with one attached hydrogen (secondary N) is 1. The van der Waals surface area contributed by atoms with Crippen LogP contribution in [0.4, 0.5) is 0 Å². The maximum absolute atomic E-state index is 12.3. The van der Waals surface area contributed by atoms with Crippen molar-refractivity contribution < 1.29 is 14.3 Å². The highest BCUT2D eigenvalue weighted by atomic mass is 16.5. The number of hydrogen-bond acceptors (Lipinski definition) is 4. The zero-order chi connectivity index (χ0) is 18.1. The van der Waals surface area contributed by atoms with Gasteiger partial charge in [-0.05, 0) is 43.3 Å². The Morgan fingerprint density at radius 1 is 1.08 bits per heavy atom. The lowest BCUT2D eigenvalue weighted by Crippen LogP contribution is -2.07. The molecule has 0 aliphatic rings. The van der Waals surface area contributed by atoms with E-state index in [-0.39, 0.29) is 0 Å². The molecule has 0 spiro atoms. The standard InChI is InChI=1S/C21H18N2O3/c1-3-26-21(24)18-12-16-15-6-4-5-7-17(15)22-20(16)19(23-18)13-8-10-14(25-2)11-9-13/h4-12,22H,3H2,1-2H3. The Hall–Kier alpha value is -3.34. The monoisotopic (exact) mass is 346 g/mol. The molecule has 5 heteroatoms. The molecule has 130 valence electrons. The van der Waals surface area contributed by atoms with Crippen LogP contribution in [0.25, 0.3) is 33.1 Å². The van der Waals surface area contributed by atoms with E-state index in [0.717, 1.165) is 33.1 Å². The second-order valence-corrected chi connectivity index (χ2v) is 5.90. The number of H-pyrrole nitrogens is 1. The summed E-state index contributed by atoms with van der Waals surface area (Å²) in [5.74, 6) is 0.345. The molecular formula is C21H18N2O3. The summed E-state index contributed by atoms with van der Waals surface area (Å²) >= 11 is 0. The second kappa shape index (κ2) is 6.52. The Morgan fingerprint density at radius 2 is 1.85 bits per heavy atom. The zero-order valence-corrected chi connectivity index (χ0v) is 14.6. The minimum absolute atomic E-state index is 0.301. The van der Waals surface area contributed by atoms with Gasteiger partial charge in [0.2, 0.25) is 0 Å². The normalized spacial score (nSPS) is 11.0. The molecule has 0 atom stereocenters. The van der Waals surface area contributed by atoms with Gasteiger partial charge < -0.3 is 14.5 Å². The van der Waals surface area contributed by atoms with Gasteiger partial charge in [-0.3, -0.25) is 0 Å². The Balaban J connectivity index is 2.00. The van der Waals surface area contributed by atoms with Crippen molar-refractivity contribution in [1.82, 2.24) is 9.97 Å². The van der Waals surface area contributed by atoms with Gasteiger partial charge >= 0.3 is 5.97 Å². The molecule has 0 amide bonds. The molecule has 0 bridgehead atoms. The number of carbonyl (C=O) groups excluding carboxylic acids is 1. The van der Waals surface area contributed by atoms with Crippen molar-refractivity contribution >= 4 is 27.8 Å². The number of carbonyl (C=O) groups is 1. The fraction of sp³-hybridized carbons (Fsp3) is 0.143. The molecule has 2 aromatic carbocycles. The minimum atomic E-state index is -0.422. The van der Waals surface area contributed by atoms with Crippen molar-refractivity contribution in [2.24, 2.45) is 0 Å². The van der Waals surface area contributed by atoms with Crippen LogP contribution >= 0.6 is 0 Å². The van der Waals surface area contributed by atoms with Gasteiger partial charge in [-0.2, -0.15) is 0 Å². The minimum Gasteiger partial charge on any atom is -0.497 e. The van der Waals surface area contributed by atoms with Gasteiger partial charge in [0, 0.05) is 21.9 Å². The molecule has 1 N–H and O–H groups in total. The van der Waals surface area contributed by atoms with Gasteiger partial charge in [-0.15, -0.1) is 0 Å². The molecule has 5 nitrogen and oxygen atoms in total. The molecular weight excluding hydrogens is 328 g/mol. The smallest absolute Gasteiger partial charge is 0.356 e. The molecule has 26 heavy (non-hydrogen) atoms. The Labute approximate surface area is 150 Å². The maximum atomic E-state index is 12.3. The zero-order valence-electron chi connectivity index (χ0n) is 14.6. The van der Waals surface area contributed by atoms with Crippen molar-refractivity contribution in [3.05, 3.63) is 60.3 Å². The van der Waals surface area contributed by atoms with Crippen LogP contribution in [0.15, 0.2) is 54.6 Å². The number of methoxy groups -OCH3 is 1. The van der Waals surface area contributed by atoms with Crippen LogP contribution in [-0.2, 0) is 4.74 Å². The van der Waals surface area contributed by atoms with E-state index in [0.29, 0.717) is 18.0 Å². The fourth-order valence-corrected chi connectivity index (χ4v) is 3.11. The number of rotatable bonds is 4. The van der Waals surface area contributed by atoms with Crippen LogP contribution in [-0.4, -0.2) is 29.7 Å². The van der Waals surface area contributed by atoms with Gasteiger partial charge in [-0.1, -0.05) is 18.2 Å². The summed E-state index contributed by atoms with van der Waals surface area (Å²) < 4.78 is 10.4. The van der Waals surface area contributed by atoms with Crippen LogP contribution in [0, 0.1) is 0 Å². The molecule has 2 aromatic heterocycles. The largest absolute Gasteiger partial charge is 0.497 e. The molecule has 4 aromatic rings. The Bertz CT molecular complexity index is 1100. The average molecular weight is 346 g/mol. The van der Waals surface area contributed by atoms with Gasteiger partial charge in [0.1, 0.15) is 11.4 Å². The van der Waals surface area contributed by atoms with Crippen LogP contribution in [0.2, 0.25) is 0 Å². The highest BCUT2D eigenvalue weighted by Gasteiger charge is 2.17. The predicted molar refractivity (Wildman–Crippen MR) is 102 cm³/mol. The second-order valence-electron chi connectivity index (χ2n) is 5.90. The first kappa shape index (κ1) is 16.1. The number of hydrogen-bond donors (Lipinski definition) is 1. The lowest BCUT2D eigenvalue weighted by Gasteiger charge is -2.08. The fourth-order valence-electron chi connectivity index (χ4n) is 3.11. The molecule has 0 saturated carbocycles. The highest BCUT2D eigenvalue weighted by molar-refractivity contribution is 6.12. The van der Waals surface area contributed by atoms with E-state index in [4.69, 9.17) is 9.47 Å². The number of para-hydroxylation sites is 1. The molecule has 0 aliphatic carbocycles. The molecule has 0 aliphatic heterocycles. The Kier molecular flexibility index (Phi) is 4.05. The lowest BCUT2D eigenvalue weighted by molar-refractivity contribution is 0.0520. The van der Waals surface area contributed by atoms with Crippen molar-refractivity contribution in [1.29, 1.82) is 0 Å². The van der Waals surface area contributed by atoms with Gasteiger partial charge in [0.15, 0.2) is 0 Å².